The molecular weight excluding hydrogens is 206 g/mol. The van der Waals surface area contributed by atoms with Gasteiger partial charge in [-0.05, 0) is 19.8 Å². The number of nitrogens with zero attached hydrogens (tertiary/aromatic N) is 1. The van der Waals surface area contributed by atoms with Gasteiger partial charge in [-0.1, -0.05) is 19.8 Å². The highest BCUT2D eigenvalue weighted by atomic mass is 16.5. The second-order valence-electron chi connectivity index (χ2n) is 4.36. The van der Waals surface area contributed by atoms with Crippen LogP contribution in [0.15, 0.2) is 0 Å². The zero-order chi connectivity index (χ0) is 12.1. The van der Waals surface area contributed by atoms with E-state index in [-0.39, 0.29) is 17.8 Å². The van der Waals surface area contributed by atoms with Crippen LogP contribution in [0.3, 0.4) is 0 Å². The lowest BCUT2D eigenvalue weighted by Crippen LogP contribution is -2.41. The Morgan fingerprint density at radius 3 is 2.88 bits per heavy atom. The average molecular weight is 227 g/mol. The van der Waals surface area contributed by atoms with Gasteiger partial charge in [-0.3, -0.25) is 4.79 Å². The Morgan fingerprint density at radius 1 is 1.62 bits per heavy atom. The molecule has 2 atom stereocenters. The molecule has 1 heterocycles. The van der Waals surface area contributed by atoms with E-state index in [4.69, 9.17) is 0 Å². The van der Waals surface area contributed by atoms with Crippen LogP contribution in [0.4, 0.5) is 0 Å². The molecule has 1 aliphatic heterocycles. The first kappa shape index (κ1) is 13.0. The van der Waals surface area contributed by atoms with E-state index in [1.807, 2.05) is 0 Å². The molecule has 0 aromatic heterocycles. The molecule has 0 radical (unpaired) electrons. The zero-order valence-corrected chi connectivity index (χ0v) is 10.4. The summed E-state index contributed by atoms with van der Waals surface area (Å²) in [6.45, 7) is 4.53. The van der Waals surface area contributed by atoms with Crippen molar-refractivity contribution in [3.63, 3.8) is 0 Å². The first-order chi connectivity index (χ1) is 7.61. The van der Waals surface area contributed by atoms with Crippen molar-refractivity contribution in [1.82, 2.24) is 4.90 Å². The van der Waals surface area contributed by atoms with Crippen molar-refractivity contribution < 1.29 is 14.3 Å². The number of amides is 1. The van der Waals surface area contributed by atoms with Gasteiger partial charge < -0.3 is 9.64 Å². The lowest BCUT2D eigenvalue weighted by atomic mass is 10.0. The molecule has 0 bridgehead atoms. The molecule has 4 nitrogen and oxygen atoms in total. The molecule has 1 amide bonds. The van der Waals surface area contributed by atoms with Crippen molar-refractivity contribution in [2.24, 2.45) is 5.92 Å². The number of carbonyl (C=O) groups excluding carboxylic acids is 2. The van der Waals surface area contributed by atoms with Gasteiger partial charge in [0.05, 0.1) is 7.11 Å². The molecule has 0 spiro atoms. The van der Waals surface area contributed by atoms with E-state index in [1.54, 1.807) is 11.8 Å². The molecule has 0 saturated carbocycles. The monoisotopic (exact) mass is 227 g/mol. The van der Waals surface area contributed by atoms with Crippen LogP contribution >= 0.6 is 0 Å². The first-order valence-corrected chi connectivity index (χ1v) is 6.00. The summed E-state index contributed by atoms with van der Waals surface area (Å²) in [6.07, 6.45) is 4.01. The van der Waals surface area contributed by atoms with E-state index in [0.717, 1.165) is 25.7 Å². The number of rotatable bonds is 5. The molecular formula is C12H21NO3. The molecule has 1 saturated heterocycles. The van der Waals surface area contributed by atoms with Crippen molar-refractivity contribution in [3.8, 4) is 0 Å². The van der Waals surface area contributed by atoms with Crippen LogP contribution in [0, 0.1) is 5.92 Å². The summed E-state index contributed by atoms with van der Waals surface area (Å²) in [7, 11) is 1.36. The molecule has 0 N–H and O–H groups in total. The molecule has 1 fully saturated rings. The van der Waals surface area contributed by atoms with Gasteiger partial charge in [0, 0.05) is 12.5 Å². The SMILES string of the molecule is CCCC[C@H]1CCN([C@@H](C)C(=O)OC)C1=O. The highest BCUT2D eigenvalue weighted by Crippen LogP contribution is 2.25. The first-order valence-electron chi connectivity index (χ1n) is 6.00. The van der Waals surface area contributed by atoms with E-state index in [0.29, 0.717) is 6.54 Å². The summed E-state index contributed by atoms with van der Waals surface area (Å²) in [5.74, 6) is -0.0945. The molecule has 0 aliphatic carbocycles. The maximum absolute atomic E-state index is 12.0. The lowest BCUT2D eigenvalue weighted by molar-refractivity contribution is -0.151. The fraction of sp³-hybridized carbons (Fsp3) is 0.833. The second-order valence-corrected chi connectivity index (χ2v) is 4.36. The standard InChI is InChI=1S/C12H21NO3/c1-4-5-6-10-7-8-13(11(10)14)9(2)12(15)16-3/h9-10H,4-8H2,1-3H3/t9-,10-/m0/s1. The van der Waals surface area contributed by atoms with E-state index in [9.17, 15) is 9.59 Å². The second kappa shape index (κ2) is 5.87. The Morgan fingerprint density at radius 2 is 2.31 bits per heavy atom. The molecule has 0 aromatic rings. The molecule has 1 rings (SSSR count). The van der Waals surface area contributed by atoms with Gasteiger partial charge in [0.15, 0.2) is 0 Å². The van der Waals surface area contributed by atoms with Crippen molar-refractivity contribution in [2.45, 2.75) is 45.6 Å². The minimum atomic E-state index is -0.441. The molecule has 92 valence electrons. The molecule has 16 heavy (non-hydrogen) atoms. The third kappa shape index (κ3) is 2.74. The Kier molecular flexibility index (Phi) is 4.77. The number of hydrogen-bond donors (Lipinski definition) is 0. The highest BCUT2D eigenvalue weighted by Gasteiger charge is 2.36. The van der Waals surface area contributed by atoms with Gasteiger partial charge >= 0.3 is 5.97 Å². The van der Waals surface area contributed by atoms with Crippen molar-refractivity contribution in [3.05, 3.63) is 0 Å². The van der Waals surface area contributed by atoms with Gasteiger partial charge in [-0.15, -0.1) is 0 Å². The smallest absolute Gasteiger partial charge is 0.328 e. The number of unbranched alkanes of at least 4 members (excludes halogenated alkanes) is 1. The third-order valence-corrected chi connectivity index (χ3v) is 3.27. The van der Waals surface area contributed by atoms with Gasteiger partial charge in [-0.25, -0.2) is 4.79 Å². The predicted octanol–water partition coefficient (Wildman–Crippen LogP) is 1.59. The molecule has 0 aromatic carbocycles. The minimum absolute atomic E-state index is 0.117. The summed E-state index contributed by atoms with van der Waals surface area (Å²) < 4.78 is 4.66. The van der Waals surface area contributed by atoms with Gasteiger partial charge in [0.2, 0.25) is 5.91 Å². The van der Waals surface area contributed by atoms with E-state index < -0.39 is 6.04 Å². The molecule has 0 unspecified atom stereocenters. The largest absolute Gasteiger partial charge is 0.467 e. The summed E-state index contributed by atoms with van der Waals surface area (Å²) in [5.41, 5.74) is 0. The van der Waals surface area contributed by atoms with Crippen LogP contribution in [0.2, 0.25) is 0 Å². The van der Waals surface area contributed by atoms with Crippen molar-refractivity contribution in [2.75, 3.05) is 13.7 Å². The van der Waals surface area contributed by atoms with Crippen LogP contribution in [0.5, 0.6) is 0 Å². The molecule has 1 aliphatic rings. The fourth-order valence-corrected chi connectivity index (χ4v) is 2.16. The number of methoxy groups -OCH3 is 1. The van der Waals surface area contributed by atoms with Crippen molar-refractivity contribution >= 4 is 11.9 Å². The minimum Gasteiger partial charge on any atom is -0.467 e. The Bertz CT molecular complexity index is 265. The van der Waals surface area contributed by atoms with Crippen molar-refractivity contribution in [1.29, 1.82) is 0 Å². The van der Waals surface area contributed by atoms with Crippen LogP contribution < -0.4 is 0 Å². The summed E-state index contributed by atoms with van der Waals surface area (Å²) in [5, 5.41) is 0. The number of ether oxygens (including phenoxy) is 1. The maximum atomic E-state index is 12.0. The van der Waals surface area contributed by atoms with Gasteiger partial charge in [-0.2, -0.15) is 0 Å². The van der Waals surface area contributed by atoms with Crippen LogP contribution in [-0.2, 0) is 14.3 Å². The summed E-state index contributed by atoms with van der Waals surface area (Å²) in [4.78, 5) is 25.0. The zero-order valence-electron chi connectivity index (χ0n) is 10.4. The summed E-state index contributed by atoms with van der Waals surface area (Å²) in [6, 6.07) is -0.441. The quantitative estimate of drug-likeness (QED) is 0.670. The Labute approximate surface area is 96.9 Å². The van der Waals surface area contributed by atoms with Crippen LogP contribution in [0.1, 0.15) is 39.5 Å². The Hall–Kier alpha value is -1.06. The average Bonchev–Trinajstić information content (AvgIpc) is 2.66. The number of likely N-dealkylation sites (tertiary alicyclic amines) is 1. The normalized spacial score (nSPS) is 22.3. The van der Waals surface area contributed by atoms with Crippen LogP contribution in [0.25, 0.3) is 0 Å². The Balaban J connectivity index is 2.53. The van der Waals surface area contributed by atoms with E-state index >= 15 is 0 Å². The maximum Gasteiger partial charge on any atom is 0.328 e. The van der Waals surface area contributed by atoms with Gasteiger partial charge in [0.1, 0.15) is 6.04 Å². The predicted molar refractivity (Wildman–Crippen MR) is 60.8 cm³/mol. The van der Waals surface area contributed by atoms with E-state index in [2.05, 4.69) is 11.7 Å². The lowest BCUT2D eigenvalue weighted by Gasteiger charge is -2.22. The summed E-state index contributed by atoms with van der Waals surface area (Å²) >= 11 is 0. The highest BCUT2D eigenvalue weighted by molar-refractivity contribution is 5.86. The van der Waals surface area contributed by atoms with Crippen LogP contribution in [-0.4, -0.2) is 36.5 Å². The number of hydrogen-bond acceptors (Lipinski definition) is 3. The number of esters is 1. The third-order valence-electron chi connectivity index (χ3n) is 3.27. The van der Waals surface area contributed by atoms with Gasteiger partial charge in [0.25, 0.3) is 0 Å². The topological polar surface area (TPSA) is 46.6 Å². The van der Waals surface area contributed by atoms with E-state index in [1.165, 1.54) is 7.11 Å². The number of carbonyl (C=O) groups is 2. The fourth-order valence-electron chi connectivity index (χ4n) is 2.16. The molecule has 4 heteroatoms.